The Kier molecular flexibility index (Phi) is 3.61. The Balaban J connectivity index is 2.28. The highest BCUT2D eigenvalue weighted by atomic mass is 35.5. The molecule has 0 N–H and O–H groups in total. The fraction of sp³-hybridized carbons (Fsp3) is 0.278. The van der Waals surface area contributed by atoms with Gasteiger partial charge in [0.15, 0.2) is 6.20 Å². The number of aromatic nitrogens is 1. The van der Waals surface area contributed by atoms with Gasteiger partial charge in [0.1, 0.15) is 5.75 Å². The van der Waals surface area contributed by atoms with E-state index in [4.69, 9.17) is 16.3 Å². The second-order valence-electron chi connectivity index (χ2n) is 6.34. The second kappa shape index (κ2) is 5.33. The molecule has 0 spiro atoms. The molecule has 114 valence electrons. The van der Waals surface area contributed by atoms with Crippen LogP contribution in [-0.2, 0) is 0 Å². The number of hydrogen-bond donors (Lipinski definition) is 0. The fourth-order valence-corrected chi connectivity index (χ4v) is 2.77. The van der Waals surface area contributed by atoms with Crippen molar-refractivity contribution in [3.8, 4) is 5.75 Å². The van der Waals surface area contributed by atoms with Gasteiger partial charge in [0.25, 0.3) is 0 Å². The molecule has 0 bridgehead atoms. The number of nitrogens with zero attached hydrogens (tertiary/aromatic N) is 1. The number of pyridine rings is 1. The van der Waals surface area contributed by atoms with Crippen LogP contribution in [0.5, 0.6) is 5.75 Å². The van der Waals surface area contributed by atoms with Crippen LogP contribution in [0, 0.1) is 17.5 Å². The average Bonchev–Trinajstić information content (AvgIpc) is 2.58. The van der Waals surface area contributed by atoms with Gasteiger partial charge in [-0.25, -0.2) is 0 Å². The zero-order valence-corrected chi connectivity index (χ0v) is 13.6. The first-order chi connectivity index (χ1) is 10.4. The van der Waals surface area contributed by atoms with Crippen molar-refractivity contribution in [1.29, 1.82) is 0 Å². The van der Waals surface area contributed by atoms with Gasteiger partial charge in [0.2, 0.25) is 5.69 Å². The summed E-state index contributed by atoms with van der Waals surface area (Å²) in [4.78, 5) is 0. The van der Waals surface area contributed by atoms with Gasteiger partial charge >= 0.3 is 0 Å². The maximum Gasteiger partial charge on any atom is 0.224 e. The number of benzene rings is 1. The second-order valence-corrected chi connectivity index (χ2v) is 6.75. The van der Waals surface area contributed by atoms with Crippen LogP contribution in [0.1, 0.15) is 30.7 Å². The van der Waals surface area contributed by atoms with E-state index in [9.17, 15) is 5.21 Å². The molecule has 0 saturated heterocycles. The molecule has 0 fully saturated rings. The molecule has 3 nitrogen and oxygen atoms in total. The summed E-state index contributed by atoms with van der Waals surface area (Å²) in [5.74, 6) is 0.766. The fourth-order valence-electron chi connectivity index (χ4n) is 2.61. The molecule has 1 aromatic heterocycles. The Labute approximate surface area is 135 Å². The lowest BCUT2D eigenvalue weighted by Crippen LogP contribution is -2.30. The molecular weight excluding hydrogens is 298 g/mol. The van der Waals surface area contributed by atoms with Gasteiger partial charge in [0.05, 0.1) is 12.2 Å². The van der Waals surface area contributed by atoms with E-state index in [1.54, 1.807) is 6.07 Å². The molecule has 1 aliphatic rings. The molecule has 1 aromatic carbocycles. The Hall–Kier alpha value is -2.00. The van der Waals surface area contributed by atoms with Gasteiger partial charge in [-0.2, -0.15) is 4.73 Å². The van der Waals surface area contributed by atoms with Gasteiger partial charge in [-0.05, 0) is 30.7 Å². The molecule has 2 aromatic rings. The van der Waals surface area contributed by atoms with Crippen LogP contribution >= 0.6 is 11.6 Å². The summed E-state index contributed by atoms with van der Waals surface area (Å²) in [6, 6.07) is 9.21. The van der Waals surface area contributed by atoms with Crippen molar-refractivity contribution in [1.82, 2.24) is 0 Å². The molecule has 1 aliphatic heterocycles. The van der Waals surface area contributed by atoms with Crippen molar-refractivity contribution in [2.24, 2.45) is 5.41 Å². The largest absolute Gasteiger partial charge is 0.618 e. The van der Waals surface area contributed by atoms with Gasteiger partial charge < -0.3 is 9.94 Å². The molecule has 0 amide bonds. The monoisotopic (exact) mass is 315 g/mol. The molecule has 2 heterocycles. The van der Waals surface area contributed by atoms with E-state index >= 15 is 0 Å². The van der Waals surface area contributed by atoms with Gasteiger partial charge in [0, 0.05) is 28.1 Å². The predicted molar refractivity (Wildman–Crippen MR) is 87.9 cm³/mol. The van der Waals surface area contributed by atoms with E-state index in [1.807, 2.05) is 31.2 Å². The first-order valence-corrected chi connectivity index (χ1v) is 7.60. The van der Waals surface area contributed by atoms with E-state index in [1.165, 1.54) is 6.20 Å². The van der Waals surface area contributed by atoms with Crippen molar-refractivity contribution in [2.75, 3.05) is 6.61 Å². The SMILES string of the molecule is Cc1cc2c(cc1Cl)C(c1cccc[n+]1[O-])=CC(C)(C)CO2. The molecule has 4 heteroatoms. The highest BCUT2D eigenvalue weighted by molar-refractivity contribution is 6.31. The minimum absolute atomic E-state index is 0.183. The third-order valence-corrected chi connectivity index (χ3v) is 4.19. The predicted octanol–water partition coefficient (Wildman–Crippen LogP) is 4.13. The maximum absolute atomic E-state index is 12.2. The number of halogens is 1. The first-order valence-electron chi connectivity index (χ1n) is 7.22. The highest BCUT2D eigenvalue weighted by Gasteiger charge is 2.28. The lowest BCUT2D eigenvalue weighted by molar-refractivity contribution is -0.607. The molecule has 0 atom stereocenters. The van der Waals surface area contributed by atoms with Crippen molar-refractivity contribution in [3.05, 3.63) is 69.7 Å². The van der Waals surface area contributed by atoms with Crippen LogP contribution in [0.4, 0.5) is 0 Å². The first kappa shape index (κ1) is 14.9. The van der Waals surface area contributed by atoms with Gasteiger partial charge in [-0.1, -0.05) is 31.5 Å². The number of ether oxygens (including phenoxy) is 1. The zero-order valence-electron chi connectivity index (χ0n) is 12.9. The minimum atomic E-state index is -0.183. The molecule has 0 unspecified atom stereocenters. The van der Waals surface area contributed by atoms with Crippen LogP contribution in [0.15, 0.2) is 42.6 Å². The summed E-state index contributed by atoms with van der Waals surface area (Å²) in [6.07, 6.45) is 3.60. The quantitative estimate of drug-likeness (QED) is 0.586. The minimum Gasteiger partial charge on any atom is -0.618 e. The van der Waals surface area contributed by atoms with E-state index in [2.05, 4.69) is 19.9 Å². The van der Waals surface area contributed by atoms with Crippen LogP contribution in [0.3, 0.4) is 0 Å². The average molecular weight is 316 g/mol. The normalized spacial score (nSPS) is 16.3. The molecule has 0 aliphatic carbocycles. The van der Waals surface area contributed by atoms with E-state index in [-0.39, 0.29) is 5.41 Å². The van der Waals surface area contributed by atoms with E-state index < -0.39 is 0 Å². The lowest BCUT2D eigenvalue weighted by atomic mass is 9.89. The number of rotatable bonds is 1. The van der Waals surface area contributed by atoms with E-state index in [0.717, 1.165) is 27.2 Å². The molecule has 0 saturated carbocycles. The summed E-state index contributed by atoms with van der Waals surface area (Å²) >= 11 is 6.29. The van der Waals surface area contributed by atoms with Crippen LogP contribution < -0.4 is 9.47 Å². The number of aryl methyl sites for hydroxylation is 1. The Morgan fingerprint density at radius 2 is 2.05 bits per heavy atom. The molecule has 0 radical (unpaired) electrons. The van der Waals surface area contributed by atoms with Crippen LogP contribution in [0.2, 0.25) is 5.02 Å². The number of hydrogen-bond acceptors (Lipinski definition) is 2. The number of fused-ring (bicyclic) bond motifs is 1. The smallest absolute Gasteiger partial charge is 0.224 e. The Bertz CT molecular complexity index is 766. The lowest BCUT2D eigenvalue weighted by Gasteiger charge is -2.18. The van der Waals surface area contributed by atoms with Crippen LogP contribution in [-0.4, -0.2) is 6.61 Å². The molecule has 3 rings (SSSR count). The third-order valence-electron chi connectivity index (χ3n) is 3.79. The summed E-state index contributed by atoms with van der Waals surface area (Å²) in [7, 11) is 0. The Morgan fingerprint density at radius 3 is 2.77 bits per heavy atom. The molecule has 22 heavy (non-hydrogen) atoms. The third kappa shape index (κ3) is 2.69. The van der Waals surface area contributed by atoms with Crippen molar-refractivity contribution < 1.29 is 9.47 Å². The summed E-state index contributed by atoms with van der Waals surface area (Å²) in [5.41, 5.74) is 3.09. The molecular formula is C18H18ClNO2. The van der Waals surface area contributed by atoms with Crippen molar-refractivity contribution >= 4 is 17.2 Å². The van der Waals surface area contributed by atoms with Gasteiger partial charge in [-0.3, -0.25) is 0 Å². The van der Waals surface area contributed by atoms with Crippen molar-refractivity contribution in [3.63, 3.8) is 0 Å². The highest BCUT2D eigenvalue weighted by Crippen LogP contribution is 2.39. The van der Waals surface area contributed by atoms with Crippen molar-refractivity contribution in [2.45, 2.75) is 20.8 Å². The van der Waals surface area contributed by atoms with Crippen LogP contribution in [0.25, 0.3) is 5.57 Å². The summed E-state index contributed by atoms with van der Waals surface area (Å²) in [5, 5.41) is 12.9. The maximum atomic E-state index is 12.2. The summed E-state index contributed by atoms with van der Waals surface area (Å²) in [6.45, 7) is 6.68. The Morgan fingerprint density at radius 1 is 1.27 bits per heavy atom. The van der Waals surface area contributed by atoms with E-state index in [0.29, 0.717) is 17.3 Å². The summed E-state index contributed by atoms with van der Waals surface area (Å²) < 4.78 is 6.85. The van der Waals surface area contributed by atoms with Gasteiger partial charge in [-0.15, -0.1) is 0 Å². The topological polar surface area (TPSA) is 36.2 Å². The zero-order chi connectivity index (χ0) is 15.9. The standard InChI is InChI=1S/C18H18ClNO2/c1-12-8-17-13(9-15(12)19)14(10-18(2,3)11-22-17)16-6-4-5-7-20(16)21/h4-10H,11H2,1-3H3.